The second-order valence-corrected chi connectivity index (χ2v) is 38.5. The first kappa shape index (κ1) is 59.9. The smallest absolute Gasteiger partial charge is 0.337 e. The van der Waals surface area contributed by atoms with Gasteiger partial charge in [0.1, 0.15) is 30.0 Å². The van der Waals surface area contributed by atoms with Gasteiger partial charge in [0, 0.05) is 38.0 Å². The molecule has 17 heteroatoms. The number of aliphatic hydroxyl groups is 1. The Kier molecular flexibility index (Phi) is 18.3. The second-order valence-electron chi connectivity index (χ2n) is 24.3. The van der Waals surface area contributed by atoms with Gasteiger partial charge in [-0.3, -0.25) is 19.2 Å². The number of carbonyl (C=O) groups is 5. The number of ether oxygens (including phenoxy) is 4. The lowest BCUT2D eigenvalue weighted by molar-refractivity contribution is -0.346. The largest absolute Gasteiger partial charge is 0.459 e. The summed E-state index contributed by atoms with van der Waals surface area (Å²) in [5.41, 5.74) is -5.10. The predicted molar refractivity (Wildman–Crippen MR) is 292 cm³/mol. The third kappa shape index (κ3) is 10.8. The van der Waals surface area contributed by atoms with Crippen molar-refractivity contribution in [3.8, 4) is 0 Å². The van der Waals surface area contributed by atoms with Gasteiger partial charge in [0.05, 0.1) is 30.1 Å². The van der Waals surface area contributed by atoms with E-state index in [1.165, 1.54) is 6.92 Å². The van der Waals surface area contributed by atoms with Gasteiger partial charge in [-0.1, -0.05) is 119 Å². The van der Waals surface area contributed by atoms with E-state index in [0.717, 1.165) is 18.1 Å². The van der Waals surface area contributed by atoms with E-state index in [9.17, 15) is 19.5 Å². The monoisotopic (exact) mass is 1080 g/mol. The van der Waals surface area contributed by atoms with Crippen LogP contribution < -0.4 is 5.32 Å². The minimum Gasteiger partial charge on any atom is -0.459 e. The van der Waals surface area contributed by atoms with Crippen molar-refractivity contribution in [2.24, 2.45) is 16.7 Å². The lowest BCUT2D eigenvalue weighted by atomic mass is 9.44. The van der Waals surface area contributed by atoms with Crippen LogP contribution in [-0.2, 0) is 56.2 Å². The summed E-state index contributed by atoms with van der Waals surface area (Å²) in [5.74, 6) is -3.89. The SMILES string of the molecule is CC[Si](CC)(CC)O[C@H]1C(=O)[C@@]2(C)[C@@H](O[Si](CC)(CC)CC)C[C@H]3OC[C@@]3(OC(C)=O)[C@@H]2[C@H]2OC(=O)CC/C=C/CCC(=O)N[C@H](c3ccccc3)[C@H](O[Si](C)(C)C(C)(C)C)C(=O)O[C@H]3C[C@]2(O)C(C)(C)C1=C3C. The van der Waals surface area contributed by atoms with E-state index in [-0.39, 0.29) is 55.4 Å². The van der Waals surface area contributed by atoms with Crippen LogP contribution in [0.5, 0.6) is 0 Å². The zero-order valence-corrected chi connectivity index (χ0v) is 50.7. The molecule has 1 saturated heterocycles. The van der Waals surface area contributed by atoms with Gasteiger partial charge in [0.25, 0.3) is 0 Å². The first-order valence-corrected chi connectivity index (χ1v) is 35.7. The Balaban J connectivity index is 1.73. The minimum atomic E-state index is -2.84. The third-order valence-corrected chi connectivity index (χ3v) is 32.9. The molecule has 0 radical (unpaired) electrons. The number of hydrogen-bond acceptors (Lipinski definition) is 13. The average molecular weight is 1080 g/mol. The number of hydrogen-bond donors (Lipinski definition) is 2. The molecule has 3 aliphatic carbocycles. The zero-order chi connectivity index (χ0) is 55.0. The molecular weight excluding hydrogens is 991 g/mol. The number of allylic oxidation sites excluding steroid dienone is 2. The molecule has 6 rings (SSSR count). The molecule has 11 atom stereocenters. The number of ketones is 1. The van der Waals surface area contributed by atoms with Gasteiger partial charge >= 0.3 is 17.9 Å². The van der Waals surface area contributed by atoms with E-state index in [2.05, 4.69) is 67.6 Å². The number of amides is 1. The fourth-order valence-electron chi connectivity index (χ4n) is 12.8. The summed E-state index contributed by atoms with van der Waals surface area (Å²) in [6, 6.07) is 12.7. The highest BCUT2D eigenvalue weighted by Crippen LogP contribution is 2.65. The molecule has 414 valence electrons. The molecule has 1 amide bonds. The molecule has 2 aliphatic heterocycles. The van der Waals surface area contributed by atoms with Crippen molar-refractivity contribution >= 4 is 54.6 Å². The first-order chi connectivity index (χ1) is 34.6. The molecule has 74 heavy (non-hydrogen) atoms. The van der Waals surface area contributed by atoms with Crippen molar-refractivity contribution in [2.45, 2.75) is 244 Å². The molecule has 14 nitrogen and oxygen atoms in total. The molecule has 1 aromatic rings. The van der Waals surface area contributed by atoms with E-state index in [1.807, 2.05) is 83.3 Å². The molecule has 3 fully saturated rings. The van der Waals surface area contributed by atoms with Crippen LogP contribution in [0.1, 0.15) is 147 Å². The Hall–Kier alpha value is -3.30. The second kappa shape index (κ2) is 22.6. The minimum absolute atomic E-state index is 0.0981. The number of Topliss-reactive ketones (excluding diaryl/α,β-unsaturated/α-hetero) is 1. The summed E-state index contributed by atoms with van der Waals surface area (Å²) in [6.07, 6.45) is -2.81. The molecule has 2 saturated carbocycles. The van der Waals surface area contributed by atoms with Crippen LogP contribution in [0.15, 0.2) is 53.6 Å². The van der Waals surface area contributed by atoms with Crippen molar-refractivity contribution in [3.63, 3.8) is 0 Å². The van der Waals surface area contributed by atoms with Crippen LogP contribution in [0.25, 0.3) is 0 Å². The Bertz CT molecular complexity index is 2270. The number of fused-ring (bicyclic) bond motifs is 6. The molecular formula is C57H91NO13Si3. The van der Waals surface area contributed by atoms with Gasteiger partial charge in [-0.05, 0) is 97.8 Å². The lowest BCUT2D eigenvalue weighted by Gasteiger charge is -2.68. The van der Waals surface area contributed by atoms with Crippen molar-refractivity contribution < 1.29 is 61.3 Å². The van der Waals surface area contributed by atoms with E-state index in [4.69, 9.17) is 32.2 Å². The highest BCUT2D eigenvalue weighted by atomic mass is 28.4. The van der Waals surface area contributed by atoms with Crippen molar-refractivity contribution in [1.82, 2.24) is 5.32 Å². The van der Waals surface area contributed by atoms with Crippen LogP contribution in [0.3, 0.4) is 0 Å². The first-order valence-electron chi connectivity index (χ1n) is 27.8. The number of rotatable bonds is 14. The average Bonchev–Trinajstić information content (AvgIpc) is 3.34. The highest BCUT2D eigenvalue weighted by Gasteiger charge is 2.79. The molecule has 0 unspecified atom stereocenters. The van der Waals surface area contributed by atoms with E-state index in [0.29, 0.717) is 41.3 Å². The number of nitrogens with one attached hydrogen (secondary N) is 1. The maximum Gasteiger partial charge on any atom is 0.337 e. The molecule has 2 heterocycles. The van der Waals surface area contributed by atoms with E-state index in [1.54, 1.807) is 0 Å². The van der Waals surface area contributed by atoms with E-state index < -0.39 is 113 Å². The molecule has 1 aromatic carbocycles. The third-order valence-electron chi connectivity index (χ3n) is 19.2. The number of carbonyl (C=O) groups excluding carboxylic acids is 5. The molecule has 0 spiro atoms. The van der Waals surface area contributed by atoms with Gasteiger partial charge < -0.3 is 42.6 Å². The topological polar surface area (TPSA) is 182 Å². The quantitative estimate of drug-likeness (QED) is 0.0778. The van der Waals surface area contributed by atoms with Crippen LogP contribution in [0.4, 0.5) is 0 Å². The van der Waals surface area contributed by atoms with Crippen molar-refractivity contribution in [3.05, 3.63) is 59.2 Å². The van der Waals surface area contributed by atoms with E-state index >= 15 is 9.59 Å². The summed E-state index contributed by atoms with van der Waals surface area (Å²) in [4.78, 5) is 75.2. The zero-order valence-electron chi connectivity index (χ0n) is 47.7. The standard InChI is InChI=1S/C57H91NO13Si3/c1-17-73(18-2,19-3)69-41-34-42-56(36-65-42,68-38(8)59)49-51-57(64)35-40(37(7)45(54(57,12)13)47(50(62)55(41,49)14)71-74(20-4,21-5)22-6)66-52(63)48(70-72(15,16)53(9,10)11)46(39-30-26-25-27-31-39)58-43(60)32-28-23-24-29-33-44(61)67-51/h23-27,30-31,40-42,46-49,51,64H,17-22,28-29,32-36H2,1-16H3,(H,58,60)/b24-23+/t40-,41-,42+,46+,47+,48-,49+,51+,55-,56-,57+/m0/s1. The van der Waals surface area contributed by atoms with Gasteiger partial charge in [-0.2, -0.15) is 0 Å². The fourth-order valence-corrected chi connectivity index (χ4v) is 19.7. The number of benzene rings is 1. The lowest BCUT2D eigenvalue weighted by Crippen LogP contribution is -2.82. The fraction of sp³-hybridized carbons (Fsp3) is 0.737. The Morgan fingerprint density at radius 3 is 1.92 bits per heavy atom. The predicted octanol–water partition coefficient (Wildman–Crippen LogP) is 10.8. The van der Waals surface area contributed by atoms with Gasteiger partial charge in [0.2, 0.25) is 5.91 Å². The summed E-state index contributed by atoms with van der Waals surface area (Å²) >= 11 is 0. The highest BCUT2D eigenvalue weighted by molar-refractivity contribution is 6.74. The maximum absolute atomic E-state index is 17.1. The summed E-state index contributed by atoms with van der Waals surface area (Å²) in [5, 5.41) is 17.3. The summed E-state index contributed by atoms with van der Waals surface area (Å²) < 4.78 is 49.0. The Morgan fingerprint density at radius 2 is 1.39 bits per heavy atom. The van der Waals surface area contributed by atoms with Crippen LogP contribution in [-0.4, -0.2) is 114 Å². The van der Waals surface area contributed by atoms with Crippen LogP contribution in [0.2, 0.25) is 54.4 Å². The summed E-state index contributed by atoms with van der Waals surface area (Å²) in [6.45, 7) is 31.6. The van der Waals surface area contributed by atoms with Crippen LogP contribution in [0, 0.1) is 16.7 Å². The Morgan fingerprint density at radius 1 is 0.824 bits per heavy atom. The molecule has 2 N–H and O–H groups in total. The van der Waals surface area contributed by atoms with Crippen LogP contribution >= 0.6 is 0 Å². The normalized spacial score (nSPS) is 33.8. The van der Waals surface area contributed by atoms with Gasteiger partial charge in [-0.15, -0.1) is 0 Å². The summed E-state index contributed by atoms with van der Waals surface area (Å²) in [7, 11) is -8.18. The van der Waals surface area contributed by atoms with Gasteiger partial charge in [0.15, 0.2) is 42.4 Å². The Labute approximate surface area is 445 Å². The molecule has 5 aliphatic rings. The maximum atomic E-state index is 17.1. The molecule has 3 bridgehead atoms. The van der Waals surface area contributed by atoms with Crippen molar-refractivity contribution in [1.29, 1.82) is 0 Å². The number of esters is 3. The molecule has 0 aromatic heterocycles. The van der Waals surface area contributed by atoms with Gasteiger partial charge in [-0.25, -0.2) is 4.79 Å². The van der Waals surface area contributed by atoms with Crippen molar-refractivity contribution in [2.75, 3.05) is 6.61 Å².